The van der Waals surface area contributed by atoms with Crippen molar-refractivity contribution >= 4 is 11.7 Å². The highest BCUT2D eigenvalue weighted by molar-refractivity contribution is 5.94. The Morgan fingerprint density at radius 1 is 1.16 bits per heavy atom. The Balaban J connectivity index is 1.58. The lowest BCUT2D eigenvalue weighted by atomic mass is 10.0. The molecule has 1 aliphatic heterocycles. The summed E-state index contributed by atoms with van der Waals surface area (Å²) in [5.74, 6) is -0.316. The number of nitrogens with zero attached hydrogens (tertiary/aromatic N) is 4. The Bertz CT molecular complexity index is 939. The molecule has 2 aromatic heterocycles. The predicted octanol–water partition coefficient (Wildman–Crippen LogP) is 2.19. The van der Waals surface area contributed by atoms with Crippen LogP contribution in [0.15, 0.2) is 48.8 Å². The fraction of sp³-hybridized carbons (Fsp3) is 0.167. The number of nitrogen functional groups attached to an aromatic ring is 1. The summed E-state index contributed by atoms with van der Waals surface area (Å²) in [6.45, 7) is 0.917. The molecule has 0 aliphatic carbocycles. The van der Waals surface area contributed by atoms with Crippen molar-refractivity contribution in [3.05, 3.63) is 71.4 Å². The van der Waals surface area contributed by atoms with Gasteiger partial charge in [0.05, 0.1) is 11.4 Å². The first-order valence-corrected chi connectivity index (χ1v) is 7.95. The van der Waals surface area contributed by atoms with E-state index in [1.165, 1.54) is 6.07 Å². The first-order valence-electron chi connectivity index (χ1n) is 7.95. The van der Waals surface area contributed by atoms with Crippen LogP contribution in [-0.4, -0.2) is 32.1 Å². The van der Waals surface area contributed by atoms with E-state index in [4.69, 9.17) is 5.73 Å². The topological polar surface area (TPSA) is 77.0 Å². The average molecular weight is 337 g/mol. The maximum Gasteiger partial charge on any atom is 0.254 e. The zero-order chi connectivity index (χ0) is 17.4. The highest BCUT2D eigenvalue weighted by atomic mass is 19.1. The van der Waals surface area contributed by atoms with Crippen molar-refractivity contribution in [2.24, 2.45) is 0 Å². The second-order valence-electron chi connectivity index (χ2n) is 5.97. The van der Waals surface area contributed by atoms with Crippen molar-refractivity contribution in [3.8, 4) is 5.69 Å². The van der Waals surface area contributed by atoms with Gasteiger partial charge in [-0.15, -0.1) is 5.10 Å². The molecule has 0 saturated carbocycles. The van der Waals surface area contributed by atoms with E-state index in [0.717, 1.165) is 11.3 Å². The molecule has 0 fully saturated rings. The van der Waals surface area contributed by atoms with Crippen LogP contribution in [0, 0.1) is 5.82 Å². The number of carbonyl (C=O) groups excluding carboxylic acids is 1. The molecule has 126 valence electrons. The quantitative estimate of drug-likeness (QED) is 0.778. The Labute approximate surface area is 143 Å². The maximum atomic E-state index is 14.4. The van der Waals surface area contributed by atoms with E-state index in [1.807, 2.05) is 12.1 Å². The summed E-state index contributed by atoms with van der Waals surface area (Å²) in [6.07, 6.45) is 4.12. The van der Waals surface area contributed by atoms with Crippen LogP contribution in [0.2, 0.25) is 0 Å². The molecular weight excluding hydrogens is 321 g/mol. The minimum atomic E-state index is -0.436. The smallest absolute Gasteiger partial charge is 0.254 e. The van der Waals surface area contributed by atoms with Gasteiger partial charge in [-0.25, -0.2) is 4.39 Å². The molecule has 1 aliphatic rings. The Morgan fingerprint density at radius 2 is 1.96 bits per heavy atom. The highest BCUT2D eigenvalue weighted by Crippen LogP contribution is 2.21. The van der Waals surface area contributed by atoms with Crippen LogP contribution in [0.5, 0.6) is 0 Å². The van der Waals surface area contributed by atoms with Gasteiger partial charge in [0.25, 0.3) is 5.91 Å². The Hall–Kier alpha value is -3.22. The zero-order valence-corrected chi connectivity index (χ0v) is 13.4. The van der Waals surface area contributed by atoms with Gasteiger partial charge in [0, 0.05) is 37.5 Å². The van der Waals surface area contributed by atoms with Gasteiger partial charge in [-0.05, 0) is 42.0 Å². The van der Waals surface area contributed by atoms with E-state index >= 15 is 0 Å². The van der Waals surface area contributed by atoms with Crippen LogP contribution in [0.4, 0.5) is 10.2 Å². The summed E-state index contributed by atoms with van der Waals surface area (Å²) in [4.78, 5) is 14.4. The van der Waals surface area contributed by atoms with Crippen LogP contribution in [0.3, 0.4) is 0 Å². The third-order valence-electron chi connectivity index (χ3n) is 4.32. The molecule has 1 amide bonds. The number of carbonyl (C=O) groups is 1. The number of aromatic nitrogens is 3. The molecule has 4 rings (SSSR count). The van der Waals surface area contributed by atoms with Crippen molar-refractivity contribution in [3.63, 3.8) is 0 Å². The van der Waals surface area contributed by atoms with Crippen molar-refractivity contribution in [2.75, 3.05) is 12.3 Å². The number of halogens is 1. The van der Waals surface area contributed by atoms with Gasteiger partial charge in [-0.2, -0.15) is 5.10 Å². The molecule has 0 radical (unpaired) electrons. The second kappa shape index (κ2) is 6.01. The van der Waals surface area contributed by atoms with Crippen LogP contribution >= 0.6 is 0 Å². The molecule has 7 heteroatoms. The lowest BCUT2D eigenvalue weighted by molar-refractivity contribution is 0.0732. The molecule has 0 bridgehead atoms. The fourth-order valence-corrected chi connectivity index (χ4v) is 3.05. The number of hydrogen-bond acceptors (Lipinski definition) is 4. The maximum absolute atomic E-state index is 14.4. The van der Waals surface area contributed by atoms with E-state index in [1.54, 1.807) is 40.1 Å². The van der Waals surface area contributed by atoms with E-state index in [9.17, 15) is 9.18 Å². The van der Waals surface area contributed by atoms with Gasteiger partial charge in [-0.3, -0.25) is 4.79 Å². The number of hydrogen-bond donors (Lipinski definition) is 1. The van der Waals surface area contributed by atoms with Crippen LogP contribution in [0.25, 0.3) is 5.69 Å². The summed E-state index contributed by atoms with van der Waals surface area (Å²) >= 11 is 0. The van der Waals surface area contributed by atoms with Crippen LogP contribution < -0.4 is 5.73 Å². The van der Waals surface area contributed by atoms with Gasteiger partial charge in [0.15, 0.2) is 0 Å². The van der Waals surface area contributed by atoms with Crippen LogP contribution in [-0.2, 0) is 13.0 Å². The van der Waals surface area contributed by atoms with Gasteiger partial charge >= 0.3 is 0 Å². The summed E-state index contributed by atoms with van der Waals surface area (Å²) in [6, 6.07) is 9.92. The third kappa shape index (κ3) is 2.84. The normalized spacial score (nSPS) is 13.6. The molecule has 2 N–H and O–H groups in total. The molecule has 0 atom stereocenters. The SMILES string of the molecule is Nc1cc2c(nn1)CCN(C(=O)c1ccc(-n3cccc3)c(F)c1)C2. The fourth-order valence-electron chi connectivity index (χ4n) is 3.05. The molecule has 0 saturated heterocycles. The molecule has 6 nitrogen and oxygen atoms in total. The summed E-state index contributed by atoms with van der Waals surface area (Å²) in [5, 5.41) is 7.90. The minimum Gasteiger partial charge on any atom is -0.382 e. The molecule has 0 spiro atoms. The standard InChI is InChI=1S/C18H16FN5O/c19-14-9-12(3-4-16(14)23-6-1-2-7-23)18(25)24-8-5-15-13(11-24)10-17(20)22-21-15/h1-4,6-7,9-10H,5,8,11H2,(H2,20,22). The van der Waals surface area contributed by atoms with Crippen molar-refractivity contribution in [1.82, 2.24) is 19.7 Å². The Morgan fingerprint density at radius 3 is 2.72 bits per heavy atom. The van der Waals surface area contributed by atoms with Gasteiger partial charge < -0.3 is 15.2 Å². The highest BCUT2D eigenvalue weighted by Gasteiger charge is 2.24. The Kier molecular flexibility index (Phi) is 3.68. The molecule has 3 aromatic rings. The number of rotatable bonds is 2. The number of anilines is 1. The van der Waals surface area contributed by atoms with Gasteiger partial charge in [0.2, 0.25) is 0 Å². The van der Waals surface area contributed by atoms with Crippen LogP contribution in [0.1, 0.15) is 21.6 Å². The summed E-state index contributed by atoms with van der Waals surface area (Å²) in [5.41, 5.74) is 8.14. The molecule has 0 unspecified atom stereocenters. The first kappa shape index (κ1) is 15.3. The average Bonchev–Trinajstić information content (AvgIpc) is 3.14. The van der Waals surface area contributed by atoms with Crippen molar-refractivity contribution in [2.45, 2.75) is 13.0 Å². The number of amides is 1. The monoisotopic (exact) mass is 337 g/mol. The van der Waals surface area contributed by atoms with E-state index in [2.05, 4.69) is 10.2 Å². The molecule has 3 heterocycles. The van der Waals surface area contributed by atoms with E-state index in [0.29, 0.717) is 36.6 Å². The lowest BCUT2D eigenvalue weighted by Crippen LogP contribution is -2.36. The predicted molar refractivity (Wildman–Crippen MR) is 90.6 cm³/mol. The van der Waals surface area contributed by atoms with Gasteiger partial charge in [0.1, 0.15) is 11.6 Å². The third-order valence-corrected chi connectivity index (χ3v) is 4.32. The molecule has 25 heavy (non-hydrogen) atoms. The van der Waals surface area contributed by atoms with E-state index in [-0.39, 0.29) is 5.91 Å². The number of benzene rings is 1. The second-order valence-corrected chi connectivity index (χ2v) is 5.97. The minimum absolute atomic E-state index is 0.209. The molecule has 1 aromatic carbocycles. The largest absolute Gasteiger partial charge is 0.382 e. The molecular formula is C18H16FN5O. The number of nitrogens with two attached hydrogens (primary N) is 1. The summed E-state index contributed by atoms with van der Waals surface area (Å²) < 4.78 is 16.1. The summed E-state index contributed by atoms with van der Waals surface area (Å²) in [7, 11) is 0. The van der Waals surface area contributed by atoms with E-state index < -0.39 is 5.82 Å². The lowest BCUT2D eigenvalue weighted by Gasteiger charge is -2.28. The van der Waals surface area contributed by atoms with Crippen molar-refractivity contribution < 1.29 is 9.18 Å². The first-order chi connectivity index (χ1) is 12.1. The van der Waals surface area contributed by atoms with Crippen molar-refractivity contribution in [1.29, 1.82) is 0 Å². The zero-order valence-electron chi connectivity index (χ0n) is 13.4. The van der Waals surface area contributed by atoms with Gasteiger partial charge in [-0.1, -0.05) is 0 Å². The number of fused-ring (bicyclic) bond motifs is 1.